The predicted octanol–water partition coefficient (Wildman–Crippen LogP) is 3.60. The van der Waals surface area contributed by atoms with Crippen molar-refractivity contribution < 1.29 is 14.3 Å². The third-order valence-electron chi connectivity index (χ3n) is 4.79. The van der Waals surface area contributed by atoms with E-state index in [2.05, 4.69) is 11.4 Å². The number of rotatable bonds is 6. The van der Waals surface area contributed by atoms with Crippen molar-refractivity contribution in [3.05, 3.63) is 58.7 Å². The Labute approximate surface area is 160 Å². The molecule has 1 N–H and O–H groups in total. The number of hydrogen-bond acceptors (Lipinski definition) is 3. The zero-order chi connectivity index (χ0) is 19.6. The average Bonchev–Trinajstić information content (AvgIpc) is 2.85. The minimum Gasteiger partial charge on any atom is -0.493 e. The normalized spacial score (nSPS) is 15.6. The summed E-state index contributed by atoms with van der Waals surface area (Å²) in [6, 6.07) is 11.4. The lowest BCUT2D eigenvalue weighted by Crippen LogP contribution is -2.37. The van der Waals surface area contributed by atoms with Gasteiger partial charge in [-0.2, -0.15) is 0 Å². The van der Waals surface area contributed by atoms with Gasteiger partial charge in [0.1, 0.15) is 11.8 Å². The Morgan fingerprint density at radius 2 is 1.89 bits per heavy atom. The first-order valence-corrected chi connectivity index (χ1v) is 9.26. The van der Waals surface area contributed by atoms with Gasteiger partial charge in [-0.3, -0.25) is 9.59 Å². The van der Waals surface area contributed by atoms with Crippen molar-refractivity contribution in [2.45, 2.75) is 40.2 Å². The molecule has 0 unspecified atom stereocenters. The van der Waals surface area contributed by atoms with E-state index in [-0.39, 0.29) is 11.8 Å². The molecule has 0 radical (unpaired) electrons. The van der Waals surface area contributed by atoms with Crippen LogP contribution in [0.3, 0.4) is 0 Å². The second-order valence-corrected chi connectivity index (χ2v) is 7.11. The summed E-state index contributed by atoms with van der Waals surface area (Å²) in [7, 11) is 0. The largest absolute Gasteiger partial charge is 0.493 e. The number of hydrogen-bond donors (Lipinski definition) is 1. The van der Waals surface area contributed by atoms with Crippen molar-refractivity contribution in [2.24, 2.45) is 0 Å². The van der Waals surface area contributed by atoms with Crippen molar-refractivity contribution in [3.63, 3.8) is 0 Å². The molecule has 2 aromatic carbocycles. The van der Waals surface area contributed by atoms with E-state index in [1.165, 1.54) is 6.92 Å². The molecule has 5 nitrogen and oxygen atoms in total. The minimum absolute atomic E-state index is 0.0789. The second-order valence-electron chi connectivity index (χ2n) is 7.11. The smallest absolute Gasteiger partial charge is 0.254 e. The lowest BCUT2D eigenvalue weighted by molar-refractivity contribution is -0.126. The Balaban J connectivity index is 1.73. The van der Waals surface area contributed by atoms with Crippen LogP contribution >= 0.6 is 0 Å². The van der Waals surface area contributed by atoms with Crippen LogP contribution in [-0.2, 0) is 9.59 Å². The molecule has 0 fully saturated rings. The summed E-state index contributed by atoms with van der Waals surface area (Å²) < 4.78 is 5.85. The van der Waals surface area contributed by atoms with Crippen molar-refractivity contribution in [3.8, 4) is 5.75 Å². The Morgan fingerprint density at radius 1 is 1.15 bits per heavy atom. The number of para-hydroxylation sites is 1. The molecule has 2 aromatic rings. The molecule has 1 aliphatic heterocycles. The topological polar surface area (TPSA) is 58.6 Å². The van der Waals surface area contributed by atoms with Crippen molar-refractivity contribution >= 4 is 17.5 Å². The van der Waals surface area contributed by atoms with Crippen LogP contribution in [0.2, 0.25) is 0 Å². The molecule has 2 amide bonds. The van der Waals surface area contributed by atoms with Crippen LogP contribution in [0.1, 0.15) is 41.6 Å². The van der Waals surface area contributed by atoms with E-state index in [1.807, 2.05) is 51.1 Å². The third kappa shape index (κ3) is 3.97. The summed E-state index contributed by atoms with van der Waals surface area (Å²) >= 11 is 0. The Morgan fingerprint density at radius 3 is 2.59 bits per heavy atom. The third-order valence-corrected chi connectivity index (χ3v) is 4.79. The van der Waals surface area contributed by atoms with Crippen molar-refractivity contribution in [1.82, 2.24) is 5.32 Å². The summed E-state index contributed by atoms with van der Waals surface area (Å²) in [4.78, 5) is 26.3. The number of ether oxygens (including phenoxy) is 1. The summed E-state index contributed by atoms with van der Waals surface area (Å²) in [5.41, 5.74) is 5.02. The van der Waals surface area contributed by atoms with E-state index in [9.17, 15) is 9.59 Å². The van der Waals surface area contributed by atoms with E-state index in [0.717, 1.165) is 33.7 Å². The SMILES string of the molecule is CC(=O)N[C@@H]1C(=O)N(CCCOc2ccccc2C)c2c(C)cc(C)cc21. The number of benzene rings is 2. The fourth-order valence-corrected chi connectivity index (χ4v) is 3.67. The molecule has 0 bridgehead atoms. The number of amides is 2. The molecule has 27 heavy (non-hydrogen) atoms. The van der Waals surface area contributed by atoms with E-state index in [1.54, 1.807) is 4.90 Å². The fraction of sp³-hybridized carbons (Fsp3) is 0.364. The standard InChI is InChI=1S/C22H26N2O3/c1-14-12-16(3)21-18(13-14)20(23-17(4)25)22(26)24(21)10-7-11-27-19-9-6-5-8-15(19)2/h5-6,8-9,12-13,20H,7,10-11H2,1-4H3,(H,23,25)/t20-/m0/s1. The number of aryl methyl sites for hydroxylation is 3. The zero-order valence-corrected chi connectivity index (χ0v) is 16.3. The van der Waals surface area contributed by atoms with Crippen LogP contribution in [0.25, 0.3) is 0 Å². The first-order chi connectivity index (χ1) is 12.9. The molecule has 142 valence electrons. The second kappa shape index (κ2) is 7.82. The molecule has 5 heteroatoms. The van der Waals surface area contributed by atoms with E-state index < -0.39 is 6.04 Å². The number of nitrogens with one attached hydrogen (secondary N) is 1. The maximum absolute atomic E-state index is 13.0. The molecule has 3 rings (SSSR count). The quantitative estimate of drug-likeness (QED) is 0.795. The van der Waals surface area contributed by atoms with Crippen LogP contribution in [-0.4, -0.2) is 25.0 Å². The highest BCUT2D eigenvalue weighted by Crippen LogP contribution is 2.39. The van der Waals surface area contributed by atoms with Crippen LogP contribution in [0.4, 0.5) is 5.69 Å². The molecule has 0 aliphatic carbocycles. The summed E-state index contributed by atoms with van der Waals surface area (Å²) in [5, 5.41) is 2.79. The molecular weight excluding hydrogens is 340 g/mol. The van der Waals surface area contributed by atoms with Gasteiger partial charge < -0.3 is 15.0 Å². The van der Waals surface area contributed by atoms with Gasteiger partial charge in [-0.1, -0.05) is 35.9 Å². The van der Waals surface area contributed by atoms with Gasteiger partial charge in [-0.05, 0) is 44.4 Å². The Hall–Kier alpha value is -2.82. The summed E-state index contributed by atoms with van der Waals surface area (Å²) in [5.74, 6) is 0.585. The van der Waals surface area contributed by atoms with E-state index in [4.69, 9.17) is 4.74 Å². The summed E-state index contributed by atoms with van der Waals surface area (Å²) in [6.07, 6.45) is 0.708. The summed E-state index contributed by atoms with van der Waals surface area (Å²) in [6.45, 7) is 8.54. The van der Waals surface area contributed by atoms with Gasteiger partial charge in [-0.15, -0.1) is 0 Å². The average molecular weight is 366 g/mol. The van der Waals surface area contributed by atoms with Gasteiger partial charge in [-0.25, -0.2) is 0 Å². The van der Waals surface area contributed by atoms with Crippen LogP contribution in [0.15, 0.2) is 36.4 Å². The molecule has 0 spiro atoms. The number of fused-ring (bicyclic) bond motifs is 1. The Bertz CT molecular complexity index is 876. The highest BCUT2D eigenvalue weighted by atomic mass is 16.5. The number of carbonyl (C=O) groups excluding carboxylic acids is 2. The first-order valence-electron chi connectivity index (χ1n) is 9.26. The van der Waals surface area contributed by atoms with Crippen molar-refractivity contribution in [1.29, 1.82) is 0 Å². The Kier molecular flexibility index (Phi) is 5.49. The van der Waals surface area contributed by atoms with Crippen LogP contribution in [0.5, 0.6) is 5.75 Å². The van der Waals surface area contributed by atoms with Gasteiger partial charge in [0.25, 0.3) is 5.91 Å². The maximum Gasteiger partial charge on any atom is 0.254 e. The highest BCUT2D eigenvalue weighted by Gasteiger charge is 2.38. The zero-order valence-electron chi connectivity index (χ0n) is 16.3. The maximum atomic E-state index is 13.0. The van der Waals surface area contributed by atoms with E-state index in [0.29, 0.717) is 19.6 Å². The van der Waals surface area contributed by atoms with E-state index >= 15 is 0 Å². The number of carbonyl (C=O) groups is 2. The highest BCUT2D eigenvalue weighted by molar-refractivity contribution is 6.06. The molecule has 0 saturated carbocycles. The number of nitrogens with zero attached hydrogens (tertiary/aromatic N) is 1. The first kappa shape index (κ1) is 19.0. The molecule has 1 heterocycles. The van der Waals surface area contributed by atoms with Gasteiger partial charge in [0.05, 0.1) is 12.3 Å². The van der Waals surface area contributed by atoms with Gasteiger partial charge in [0.15, 0.2) is 0 Å². The minimum atomic E-state index is -0.603. The lowest BCUT2D eigenvalue weighted by atomic mass is 10.0. The van der Waals surface area contributed by atoms with Crippen molar-refractivity contribution in [2.75, 3.05) is 18.1 Å². The molecule has 1 aliphatic rings. The lowest BCUT2D eigenvalue weighted by Gasteiger charge is -2.20. The van der Waals surface area contributed by atoms with Gasteiger partial charge in [0, 0.05) is 19.0 Å². The van der Waals surface area contributed by atoms with Gasteiger partial charge >= 0.3 is 0 Å². The molecular formula is C22H26N2O3. The van der Waals surface area contributed by atoms with Crippen LogP contribution in [0, 0.1) is 20.8 Å². The number of anilines is 1. The monoisotopic (exact) mass is 366 g/mol. The van der Waals surface area contributed by atoms with Gasteiger partial charge in [0.2, 0.25) is 5.91 Å². The molecule has 1 atom stereocenters. The predicted molar refractivity (Wildman–Crippen MR) is 106 cm³/mol. The fourth-order valence-electron chi connectivity index (χ4n) is 3.67. The van der Waals surface area contributed by atoms with Crippen LogP contribution < -0.4 is 15.0 Å². The molecule has 0 saturated heterocycles. The molecule has 0 aromatic heterocycles.